The Bertz CT molecular complexity index is 1050. The minimum absolute atomic E-state index is 0.0954. The van der Waals surface area contributed by atoms with E-state index < -0.39 is 29.3 Å². The highest BCUT2D eigenvalue weighted by molar-refractivity contribution is 6.03. The van der Waals surface area contributed by atoms with Crippen LogP contribution in [0.2, 0.25) is 0 Å². The molecule has 0 aliphatic rings. The zero-order chi connectivity index (χ0) is 21.2. The Kier molecular flexibility index (Phi) is 5.53. The highest BCUT2D eigenvalue weighted by atomic mass is 19.4. The van der Waals surface area contributed by atoms with Gasteiger partial charge in [0.05, 0.1) is 11.1 Å². The number of carbonyl (C=O) groups excluding carboxylic acids is 1. The van der Waals surface area contributed by atoms with Gasteiger partial charge in [0.15, 0.2) is 17.3 Å². The van der Waals surface area contributed by atoms with Crippen molar-refractivity contribution in [1.82, 2.24) is 5.16 Å². The normalized spacial score (nSPS) is 11.4. The number of anilines is 1. The second kappa shape index (κ2) is 7.90. The average Bonchev–Trinajstić information content (AvgIpc) is 3.01. The maximum atomic E-state index is 13.7. The van der Waals surface area contributed by atoms with E-state index in [1.807, 2.05) is 0 Å². The highest BCUT2D eigenvalue weighted by Crippen LogP contribution is 2.31. The van der Waals surface area contributed by atoms with Gasteiger partial charge in [0.25, 0.3) is 5.91 Å². The minimum Gasteiger partial charge on any atom is -0.486 e. The van der Waals surface area contributed by atoms with Crippen molar-refractivity contribution in [2.24, 2.45) is 0 Å². The lowest BCUT2D eigenvalue weighted by Crippen LogP contribution is -2.16. The number of aryl methyl sites for hydroxylation is 1. The summed E-state index contributed by atoms with van der Waals surface area (Å²) in [6.45, 7) is 1.15. The number of ether oxygens (including phenoxy) is 1. The molecule has 1 amide bonds. The van der Waals surface area contributed by atoms with Crippen LogP contribution in [0, 0.1) is 18.6 Å². The van der Waals surface area contributed by atoms with Gasteiger partial charge in [-0.2, -0.15) is 13.2 Å². The molecule has 1 aromatic heterocycles. The van der Waals surface area contributed by atoms with E-state index in [0.29, 0.717) is 6.07 Å². The number of nitrogens with one attached hydrogen (secondary N) is 1. The molecule has 5 nitrogen and oxygen atoms in total. The first kappa shape index (κ1) is 20.3. The molecular weight excluding hydrogens is 399 g/mol. The van der Waals surface area contributed by atoms with E-state index in [4.69, 9.17) is 9.26 Å². The number of carbonyl (C=O) groups is 1. The molecule has 0 saturated carbocycles. The maximum Gasteiger partial charge on any atom is 0.416 e. The van der Waals surface area contributed by atoms with Gasteiger partial charge in [-0.05, 0) is 37.3 Å². The molecule has 29 heavy (non-hydrogen) atoms. The van der Waals surface area contributed by atoms with Crippen molar-refractivity contribution in [3.05, 3.63) is 76.7 Å². The molecular formula is C19H13F5N2O3. The molecule has 1 N–H and O–H groups in total. The van der Waals surface area contributed by atoms with E-state index in [9.17, 15) is 26.7 Å². The molecule has 10 heteroatoms. The molecule has 1 heterocycles. The summed E-state index contributed by atoms with van der Waals surface area (Å²) >= 11 is 0. The third-order valence-corrected chi connectivity index (χ3v) is 3.91. The molecule has 152 valence electrons. The average molecular weight is 412 g/mol. The van der Waals surface area contributed by atoms with Crippen LogP contribution in [0.3, 0.4) is 0 Å². The van der Waals surface area contributed by atoms with Crippen LogP contribution in [-0.2, 0) is 12.8 Å². The number of halogens is 5. The molecule has 3 rings (SSSR count). The first-order valence-corrected chi connectivity index (χ1v) is 8.17. The first-order valence-electron chi connectivity index (χ1n) is 8.17. The van der Waals surface area contributed by atoms with Gasteiger partial charge in [-0.1, -0.05) is 11.2 Å². The molecule has 0 saturated heterocycles. The number of benzene rings is 2. The monoisotopic (exact) mass is 412 g/mol. The molecule has 0 radical (unpaired) electrons. The lowest BCUT2D eigenvalue weighted by molar-refractivity contribution is -0.137. The van der Waals surface area contributed by atoms with Crippen molar-refractivity contribution in [1.29, 1.82) is 0 Å². The van der Waals surface area contributed by atoms with Crippen LogP contribution >= 0.6 is 0 Å². The zero-order valence-corrected chi connectivity index (χ0v) is 14.8. The first-order chi connectivity index (χ1) is 13.6. The van der Waals surface area contributed by atoms with Gasteiger partial charge >= 0.3 is 6.18 Å². The van der Waals surface area contributed by atoms with Crippen molar-refractivity contribution in [2.45, 2.75) is 19.7 Å². The van der Waals surface area contributed by atoms with E-state index in [-0.39, 0.29) is 35.1 Å². The fraction of sp³-hybridized carbons (Fsp3) is 0.158. The van der Waals surface area contributed by atoms with E-state index in [1.54, 1.807) is 0 Å². The van der Waals surface area contributed by atoms with Crippen molar-refractivity contribution < 1.29 is 36.0 Å². The van der Waals surface area contributed by atoms with Gasteiger partial charge in [-0.3, -0.25) is 4.79 Å². The number of hydrogen-bond acceptors (Lipinski definition) is 4. The van der Waals surface area contributed by atoms with E-state index >= 15 is 0 Å². The summed E-state index contributed by atoms with van der Waals surface area (Å²) in [6.07, 6.45) is -4.57. The molecule has 0 aliphatic carbocycles. The Morgan fingerprint density at radius 3 is 2.62 bits per heavy atom. The summed E-state index contributed by atoms with van der Waals surface area (Å²) in [5, 5.41) is 5.89. The van der Waals surface area contributed by atoms with Crippen LogP contribution in [0.15, 0.2) is 47.0 Å². The van der Waals surface area contributed by atoms with Gasteiger partial charge in [0.2, 0.25) is 0 Å². The molecule has 3 aromatic rings. The summed E-state index contributed by atoms with van der Waals surface area (Å²) in [4.78, 5) is 12.4. The quantitative estimate of drug-likeness (QED) is 0.592. The van der Waals surface area contributed by atoms with Gasteiger partial charge in [0.1, 0.15) is 18.2 Å². The van der Waals surface area contributed by atoms with E-state index in [2.05, 4.69) is 10.5 Å². The number of nitrogens with zero attached hydrogens (tertiary/aromatic N) is 1. The Hall–Kier alpha value is -3.43. The predicted molar refractivity (Wildman–Crippen MR) is 91.3 cm³/mol. The van der Waals surface area contributed by atoms with Crippen LogP contribution in [0.5, 0.6) is 5.75 Å². The van der Waals surface area contributed by atoms with Gasteiger partial charge in [0, 0.05) is 11.8 Å². The molecule has 0 spiro atoms. The number of hydrogen-bond donors (Lipinski definition) is 1. The lowest BCUT2D eigenvalue weighted by atomic mass is 10.1. The smallest absolute Gasteiger partial charge is 0.416 e. The molecule has 0 bridgehead atoms. The van der Waals surface area contributed by atoms with Gasteiger partial charge < -0.3 is 14.6 Å². The fourth-order valence-corrected chi connectivity index (χ4v) is 2.45. The number of amides is 1. The van der Waals surface area contributed by atoms with Crippen LogP contribution in [-0.4, -0.2) is 11.1 Å². The zero-order valence-electron chi connectivity index (χ0n) is 14.8. The topological polar surface area (TPSA) is 64.4 Å². The maximum absolute atomic E-state index is 13.7. The highest BCUT2D eigenvalue weighted by Gasteiger charge is 2.30. The van der Waals surface area contributed by atoms with E-state index in [1.165, 1.54) is 13.0 Å². The number of alkyl halides is 3. The molecule has 0 aliphatic heterocycles. The summed E-state index contributed by atoms with van der Waals surface area (Å²) in [6, 6.07) is 6.78. The molecule has 2 aromatic carbocycles. The molecule has 0 fully saturated rings. The Labute approximate surface area is 161 Å². The summed E-state index contributed by atoms with van der Waals surface area (Å²) in [5.41, 5.74) is -1.09. The summed E-state index contributed by atoms with van der Waals surface area (Å²) in [7, 11) is 0. The largest absolute Gasteiger partial charge is 0.486 e. The summed E-state index contributed by atoms with van der Waals surface area (Å²) in [5.74, 6) is -2.61. The molecule has 0 atom stereocenters. The number of aromatic nitrogens is 1. The van der Waals surface area contributed by atoms with Crippen LogP contribution in [0.1, 0.15) is 27.4 Å². The van der Waals surface area contributed by atoms with Gasteiger partial charge in [-0.25, -0.2) is 8.78 Å². The minimum atomic E-state index is -4.57. The molecule has 0 unspecified atom stereocenters. The number of rotatable bonds is 5. The third kappa shape index (κ3) is 4.71. The second-order valence-electron chi connectivity index (χ2n) is 5.96. The summed E-state index contributed by atoms with van der Waals surface area (Å²) < 4.78 is 75.3. The SMILES string of the molecule is Cc1onc(C(=O)Nc2cccc(C(F)(F)F)c2)c1COc1ccc(F)cc1F. The van der Waals surface area contributed by atoms with Crippen LogP contribution in [0.25, 0.3) is 0 Å². The second-order valence-corrected chi connectivity index (χ2v) is 5.96. The van der Waals surface area contributed by atoms with Crippen molar-refractivity contribution in [2.75, 3.05) is 5.32 Å². The van der Waals surface area contributed by atoms with Crippen molar-refractivity contribution in [3.8, 4) is 5.75 Å². The predicted octanol–water partition coefficient (Wildman–Crippen LogP) is 5.11. The third-order valence-electron chi connectivity index (χ3n) is 3.91. The Morgan fingerprint density at radius 1 is 1.17 bits per heavy atom. The Balaban J connectivity index is 1.77. The van der Waals surface area contributed by atoms with Gasteiger partial charge in [-0.15, -0.1) is 0 Å². The van der Waals surface area contributed by atoms with Crippen LogP contribution < -0.4 is 10.1 Å². The van der Waals surface area contributed by atoms with Crippen molar-refractivity contribution in [3.63, 3.8) is 0 Å². The van der Waals surface area contributed by atoms with Crippen molar-refractivity contribution >= 4 is 11.6 Å². The fourth-order valence-electron chi connectivity index (χ4n) is 2.45. The Morgan fingerprint density at radius 2 is 1.93 bits per heavy atom. The van der Waals surface area contributed by atoms with E-state index in [0.717, 1.165) is 30.3 Å². The van der Waals surface area contributed by atoms with Crippen LogP contribution in [0.4, 0.5) is 27.6 Å². The standard InChI is InChI=1S/C19H13F5N2O3/c1-10-14(9-28-16-6-5-12(20)8-15(16)21)17(26-29-10)18(27)25-13-4-2-3-11(7-13)19(22,23)24/h2-8H,9H2,1H3,(H,25,27). The lowest BCUT2D eigenvalue weighted by Gasteiger charge is -2.10.